The van der Waals surface area contributed by atoms with Crippen LogP contribution in [0.4, 0.5) is 10.8 Å². The number of hydrogen-bond acceptors (Lipinski definition) is 6. The number of rotatable bonds is 8. The molecule has 10 heteroatoms. The van der Waals surface area contributed by atoms with Gasteiger partial charge in [0.1, 0.15) is 0 Å². The number of aryl methyl sites for hydroxylation is 1. The first-order valence-corrected chi connectivity index (χ1v) is 10.9. The summed E-state index contributed by atoms with van der Waals surface area (Å²) >= 11 is 7.48. The van der Waals surface area contributed by atoms with Crippen molar-refractivity contribution in [2.75, 3.05) is 11.4 Å². The Morgan fingerprint density at radius 1 is 1.28 bits per heavy atom. The van der Waals surface area contributed by atoms with Gasteiger partial charge < -0.3 is 4.57 Å². The molecule has 8 nitrogen and oxygen atoms in total. The number of nitrogens with zero attached hydrogens (tertiary/aromatic N) is 5. The van der Waals surface area contributed by atoms with Crippen molar-refractivity contribution in [1.82, 2.24) is 14.5 Å². The first kappa shape index (κ1) is 21.7. The number of anilines is 1. The molecule has 2 aromatic heterocycles. The summed E-state index contributed by atoms with van der Waals surface area (Å²) in [7, 11) is 0. The molecule has 162 valence electrons. The number of hydrogen-bond donors (Lipinski definition) is 0. The monoisotopic (exact) mass is 467 g/mol. The summed E-state index contributed by atoms with van der Waals surface area (Å²) in [6.45, 7) is 1.15. The van der Waals surface area contributed by atoms with Crippen molar-refractivity contribution in [2.24, 2.45) is 0 Å². The minimum Gasteiger partial charge on any atom is -0.337 e. The summed E-state index contributed by atoms with van der Waals surface area (Å²) in [5.74, 6) is -0.257. The quantitative estimate of drug-likeness (QED) is 0.202. The van der Waals surface area contributed by atoms with Crippen molar-refractivity contribution >= 4 is 56.0 Å². The molecule has 0 radical (unpaired) electrons. The molecule has 0 N–H and O–H groups in total. The Labute approximate surface area is 192 Å². The number of carbonyl (C=O) groups excluding carboxylic acids is 1. The zero-order valence-corrected chi connectivity index (χ0v) is 18.4. The van der Waals surface area contributed by atoms with Crippen LogP contribution in [0.1, 0.15) is 12.0 Å². The van der Waals surface area contributed by atoms with Crippen LogP contribution in [0.15, 0.2) is 67.3 Å². The van der Waals surface area contributed by atoms with E-state index in [4.69, 9.17) is 11.6 Å². The Bertz CT molecular complexity index is 1290. The highest BCUT2D eigenvalue weighted by Crippen LogP contribution is 2.31. The van der Waals surface area contributed by atoms with Crippen molar-refractivity contribution < 1.29 is 9.72 Å². The van der Waals surface area contributed by atoms with E-state index >= 15 is 0 Å². The van der Waals surface area contributed by atoms with Crippen LogP contribution in [0.25, 0.3) is 16.3 Å². The Morgan fingerprint density at radius 3 is 2.94 bits per heavy atom. The largest absolute Gasteiger partial charge is 0.337 e. The topological polar surface area (TPSA) is 94.2 Å². The van der Waals surface area contributed by atoms with Gasteiger partial charge in [-0.1, -0.05) is 35.1 Å². The molecule has 0 aliphatic rings. The minimum atomic E-state index is -0.464. The van der Waals surface area contributed by atoms with E-state index in [1.165, 1.54) is 29.5 Å². The van der Waals surface area contributed by atoms with E-state index < -0.39 is 4.92 Å². The molecule has 0 aliphatic heterocycles. The summed E-state index contributed by atoms with van der Waals surface area (Å²) in [6, 6.07) is 11.5. The lowest BCUT2D eigenvalue weighted by molar-refractivity contribution is -0.384. The Kier molecular flexibility index (Phi) is 6.58. The maximum absolute atomic E-state index is 13.1. The maximum Gasteiger partial charge on any atom is 0.270 e. The second-order valence-electron chi connectivity index (χ2n) is 6.94. The van der Waals surface area contributed by atoms with E-state index in [1.807, 2.05) is 22.9 Å². The van der Waals surface area contributed by atoms with Crippen LogP contribution in [0.3, 0.4) is 0 Å². The lowest BCUT2D eigenvalue weighted by atomic mass is 10.2. The lowest BCUT2D eigenvalue weighted by Gasteiger charge is -2.18. The van der Waals surface area contributed by atoms with Crippen LogP contribution >= 0.6 is 22.9 Å². The third-order valence-electron chi connectivity index (χ3n) is 4.69. The molecule has 0 aliphatic carbocycles. The van der Waals surface area contributed by atoms with E-state index in [0.717, 1.165) is 10.2 Å². The number of non-ortho nitro benzene ring substituents is 1. The number of nitro groups is 1. The number of benzene rings is 2. The first-order valence-electron chi connectivity index (χ1n) is 9.75. The van der Waals surface area contributed by atoms with Crippen molar-refractivity contribution in [3.05, 3.63) is 88.0 Å². The van der Waals surface area contributed by atoms with Crippen molar-refractivity contribution in [1.29, 1.82) is 0 Å². The molecule has 0 saturated carbocycles. The Hall–Kier alpha value is -3.56. The average Bonchev–Trinajstić information content (AvgIpc) is 3.44. The van der Waals surface area contributed by atoms with Gasteiger partial charge in [0.2, 0.25) is 0 Å². The fourth-order valence-corrected chi connectivity index (χ4v) is 4.40. The molecule has 0 bridgehead atoms. The maximum atomic E-state index is 13.1. The number of halogens is 1. The molecular weight excluding hydrogens is 450 g/mol. The van der Waals surface area contributed by atoms with Gasteiger partial charge in [0, 0.05) is 48.7 Å². The van der Waals surface area contributed by atoms with E-state index in [2.05, 4.69) is 9.97 Å². The van der Waals surface area contributed by atoms with Gasteiger partial charge in [-0.3, -0.25) is 19.8 Å². The van der Waals surface area contributed by atoms with Gasteiger partial charge in [-0.15, -0.1) is 0 Å². The van der Waals surface area contributed by atoms with Crippen molar-refractivity contribution in [3.63, 3.8) is 0 Å². The average molecular weight is 468 g/mol. The number of carbonyl (C=O) groups is 1. The second kappa shape index (κ2) is 9.71. The molecule has 32 heavy (non-hydrogen) atoms. The number of nitro benzene ring substituents is 1. The number of aromatic nitrogens is 3. The van der Waals surface area contributed by atoms with Crippen LogP contribution < -0.4 is 4.90 Å². The first-order chi connectivity index (χ1) is 15.5. The normalized spacial score (nSPS) is 11.3. The number of fused-ring (bicyclic) bond motifs is 1. The van der Waals surface area contributed by atoms with E-state index in [0.29, 0.717) is 35.2 Å². The van der Waals surface area contributed by atoms with Crippen LogP contribution in [-0.4, -0.2) is 31.9 Å². The lowest BCUT2D eigenvalue weighted by Crippen LogP contribution is -2.30. The van der Waals surface area contributed by atoms with Gasteiger partial charge in [0.25, 0.3) is 11.6 Å². The number of amides is 1. The minimum absolute atomic E-state index is 0.0279. The summed E-state index contributed by atoms with van der Waals surface area (Å²) in [5.41, 5.74) is 1.31. The summed E-state index contributed by atoms with van der Waals surface area (Å²) in [4.78, 5) is 33.9. The summed E-state index contributed by atoms with van der Waals surface area (Å²) < 4.78 is 2.84. The fourth-order valence-electron chi connectivity index (χ4n) is 3.13. The number of imidazole rings is 1. The van der Waals surface area contributed by atoms with Crippen molar-refractivity contribution in [2.45, 2.75) is 13.0 Å². The third-order valence-corrected chi connectivity index (χ3v) is 5.97. The summed E-state index contributed by atoms with van der Waals surface area (Å²) in [5, 5.41) is 12.2. The van der Waals surface area contributed by atoms with Crippen LogP contribution in [-0.2, 0) is 11.3 Å². The highest BCUT2D eigenvalue weighted by atomic mass is 35.5. The Morgan fingerprint density at radius 2 is 2.16 bits per heavy atom. The number of thiazole rings is 1. The molecule has 2 heterocycles. The second-order valence-corrected chi connectivity index (χ2v) is 8.38. The molecular formula is C22H18ClN5O3S. The fraction of sp³-hybridized carbons (Fsp3) is 0.136. The molecule has 0 fully saturated rings. The van der Waals surface area contributed by atoms with E-state index in [-0.39, 0.29) is 11.6 Å². The van der Waals surface area contributed by atoms with Gasteiger partial charge in [-0.05, 0) is 36.3 Å². The van der Waals surface area contributed by atoms with Gasteiger partial charge >= 0.3 is 0 Å². The Balaban J connectivity index is 1.57. The molecule has 0 unspecified atom stereocenters. The van der Waals surface area contributed by atoms with Crippen molar-refractivity contribution in [3.8, 4) is 0 Å². The third kappa shape index (κ3) is 5.19. The molecule has 4 aromatic rings. The van der Waals surface area contributed by atoms with Gasteiger partial charge in [0.05, 0.1) is 21.5 Å². The van der Waals surface area contributed by atoms with E-state index in [1.54, 1.807) is 41.7 Å². The predicted octanol–water partition coefficient (Wildman–Crippen LogP) is 5.19. The van der Waals surface area contributed by atoms with Crippen LogP contribution in [0, 0.1) is 10.1 Å². The van der Waals surface area contributed by atoms with Crippen LogP contribution in [0.5, 0.6) is 0 Å². The molecule has 4 rings (SSSR count). The van der Waals surface area contributed by atoms with Gasteiger partial charge in [-0.25, -0.2) is 9.97 Å². The molecule has 0 spiro atoms. The van der Waals surface area contributed by atoms with Gasteiger partial charge in [-0.2, -0.15) is 0 Å². The molecule has 0 saturated heterocycles. The van der Waals surface area contributed by atoms with Gasteiger partial charge in [0.15, 0.2) is 5.13 Å². The smallest absolute Gasteiger partial charge is 0.270 e. The predicted molar refractivity (Wildman–Crippen MR) is 126 cm³/mol. The standard InChI is InChI=1S/C22H18ClN5O3S/c23-17-6-7-19-20(14-17)32-22(25-19)27(11-2-10-26-12-9-24-15-26)21(29)8-5-16-3-1-4-18(13-16)28(30)31/h1,3-9,12-15H,2,10-11H2/b8-5+. The summed E-state index contributed by atoms with van der Waals surface area (Å²) in [6.07, 6.45) is 8.99. The highest BCUT2D eigenvalue weighted by Gasteiger charge is 2.18. The highest BCUT2D eigenvalue weighted by molar-refractivity contribution is 7.22. The van der Waals surface area contributed by atoms with Crippen LogP contribution in [0.2, 0.25) is 5.02 Å². The zero-order chi connectivity index (χ0) is 22.5. The SMILES string of the molecule is O=C(/C=C/c1cccc([N+](=O)[O-])c1)N(CCCn1ccnc1)c1nc2ccc(Cl)cc2s1. The zero-order valence-electron chi connectivity index (χ0n) is 16.8. The molecule has 0 atom stereocenters. The molecule has 2 aromatic carbocycles. The molecule has 1 amide bonds. The van der Waals surface area contributed by atoms with E-state index in [9.17, 15) is 14.9 Å².